The second kappa shape index (κ2) is 8.89. The summed E-state index contributed by atoms with van der Waals surface area (Å²) in [5, 5.41) is 16.3. The van der Waals surface area contributed by atoms with E-state index >= 15 is 0 Å². The van der Waals surface area contributed by atoms with Crippen LogP contribution in [0.25, 0.3) is 0 Å². The second-order valence-electron chi connectivity index (χ2n) is 8.04. The Morgan fingerprint density at radius 3 is 2.71 bits per heavy atom. The summed E-state index contributed by atoms with van der Waals surface area (Å²) < 4.78 is 5.51. The highest BCUT2D eigenvalue weighted by Gasteiger charge is 2.23. The van der Waals surface area contributed by atoms with Crippen molar-refractivity contribution in [1.29, 1.82) is 0 Å². The molecule has 0 saturated heterocycles. The minimum atomic E-state index is -0.670. The van der Waals surface area contributed by atoms with E-state index in [0.717, 1.165) is 31.2 Å². The Bertz CT molecular complexity index is 1000. The fraction of sp³-hybridized carbons (Fsp3) is 0.455. The van der Waals surface area contributed by atoms with Crippen LogP contribution in [0.3, 0.4) is 0 Å². The van der Waals surface area contributed by atoms with Gasteiger partial charge in [0.1, 0.15) is 18.2 Å². The lowest BCUT2D eigenvalue weighted by molar-refractivity contribution is -0.121. The normalized spacial score (nSPS) is 20.5. The molecule has 1 aromatic carbocycles. The summed E-state index contributed by atoms with van der Waals surface area (Å²) in [6.45, 7) is 2.00. The van der Waals surface area contributed by atoms with Crippen molar-refractivity contribution in [1.82, 2.24) is 9.97 Å². The van der Waals surface area contributed by atoms with Crippen LogP contribution in [0.1, 0.15) is 54.4 Å². The van der Waals surface area contributed by atoms with E-state index in [4.69, 9.17) is 10.5 Å². The SMILES string of the molecule is CCc1nc(C(N)=O)c(Nc2ccc3c(c2)OCC(=O)C3)nc1NC1CCC(O)CC1. The van der Waals surface area contributed by atoms with Crippen molar-refractivity contribution in [2.75, 3.05) is 17.2 Å². The Kier molecular flexibility index (Phi) is 6.03. The number of fused-ring (bicyclic) bond motifs is 1. The van der Waals surface area contributed by atoms with Crippen LogP contribution in [-0.2, 0) is 17.6 Å². The third-order valence-electron chi connectivity index (χ3n) is 5.68. The van der Waals surface area contributed by atoms with Crippen LogP contribution in [0.4, 0.5) is 17.3 Å². The molecule has 5 N–H and O–H groups in total. The predicted octanol–water partition coefficient (Wildman–Crippen LogP) is 2.10. The van der Waals surface area contributed by atoms with Gasteiger partial charge in [0.2, 0.25) is 0 Å². The Morgan fingerprint density at radius 1 is 1.23 bits per heavy atom. The lowest BCUT2D eigenvalue weighted by Crippen LogP contribution is -2.29. The highest BCUT2D eigenvalue weighted by atomic mass is 16.5. The van der Waals surface area contributed by atoms with Crippen molar-refractivity contribution in [2.45, 2.75) is 57.6 Å². The van der Waals surface area contributed by atoms with Crippen LogP contribution in [0.15, 0.2) is 18.2 Å². The molecule has 1 amide bonds. The third-order valence-corrected chi connectivity index (χ3v) is 5.68. The number of aryl methyl sites for hydroxylation is 1. The second-order valence-corrected chi connectivity index (χ2v) is 8.04. The van der Waals surface area contributed by atoms with E-state index in [9.17, 15) is 14.7 Å². The molecule has 1 aromatic heterocycles. The number of nitrogens with two attached hydrogens (primary N) is 1. The maximum absolute atomic E-state index is 12.1. The molecule has 1 aliphatic carbocycles. The van der Waals surface area contributed by atoms with Gasteiger partial charge in [-0.15, -0.1) is 0 Å². The molecule has 2 heterocycles. The molecular weight excluding hydrogens is 398 g/mol. The maximum Gasteiger partial charge on any atom is 0.271 e. The molecule has 9 heteroatoms. The van der Waals surface area contributed by atoms with Crippen molar-refractivity contribution in [3.63, 3.8) is 0 Å². The number of Topliss-reactive ketones (excluding diaryl/α,β-unsaturated/α-hetero) is 1. The molecule has 2 aromatic rings. The number of hydrogen-bond acceptors (Lipinski definition) is 8. The van der Waals surface area contributed by atoms with E-state index in [1.807, 2.05) is 13.0 Å². The number of hydrogen-bond donors (Lipinski definition) is 4. The number of carbonyl (C=O) groups excluding carboxylic acids is 2. The topological polar surface area (TPSA) is 139 Å². The molecular formula is C22H27N5O4. The third kappa shape index (κ3) is 4.77. The van der Waals surface area contributed by atoms with Crippen molar-refractivity contribution in [2.24, 2.45) is 5.73 Å². The molecule has 1 aliphatic heterocycles. The number of primary amides is 1. The predicted molar refractivity (Wildman–Crippen MR) is 116 cm³/mol. The van der Waals surface area contributed by atoms with E-state index in [2.05, 4.69) is 20.6 Å². The number of benzene rings is 1. The molecule has 4 rings (SSSR count). The first-order chi connectivity index (χ1) is 14.9. The molecule has 164 valence electrons. The maximum atomic E-state index is 12.1. The van der Waals surface area contributed by atoms with Crippen LogP contribution in [0, 0.1) is 0 Å². The fourth-order valence-electron chi connectivity index (χ4n) is 3.98. The van der Waals surface area contributed by atoms with Gasteiger partial charge >= 0.3 is 0 Å². The molecule has 0 spiro atoms. The number of carbonyl (C=O) groups is 2. The summed E-state index contributed by atoms with van der Waals surface area (Å²) in [5.74, 6) is 0.863. The van der Waals surface area contributed by atoms with Crippen LogP contribution < -0.4 is 21.1 Å². The number of ketones is 1. The number of anilines is 3. The first-order valence-electron chi connectivity index (χ1n) is 10.6. The molecule has 0 radical (unpaired) electrons. The van der Waals surface area contributed by atoms with Gasteiger partial charge in [-0.2, -0.15) is 0 Å². The molecule has 0 bridgehead atoms. The Labute approximate surface area is 180 Å². The zero-order valence-corrected chi connectivity index (χ0v) is 17.5. The van der Waals surface area contributed by atoms with E-state index < -0.39 is 5.91 Å². The summed E-state index contributed by atoms with van der Waals surface area (Å²) in [4.78, 5) is 32.8. The Hall–Kier alpha value is -3.20. The minimum Gasteiger partial charge on any atom is -0.485 e. The first-order valence-corrected chi connectivity index (χ1v) is 10.6. The molecule has 0 atom stereocenters. The van der Waals surface area contributed by atoms with Gasteiger partial charge in [-0.3, -0.25) is 9.59 Å². The summed E-state index contributed by atoms with van der Waals surface area (Å²) in [6, 6.07) is 5.58. The number of aromatic nitrogens is 2. The number of nitrogens with one attached hydrogen (secondary N) is 2. The van der Waals surface area contributed by atoms with Crippen LogP contribution >= 0.6 is 0 Å². The molecule has 2 aliphatic rings. The van der Waals surface area contributed by atoms with Crippen molar-refractivity contribution in [3.05, 3.63) is 35.2 Å². The Balaban J connectivity index is 1.62. The van der Waals surface area contributed by atoms with Gasteiger partial charge in [-0.25, -0.2) is 9.97 Å². The van der Waals surface area contributed by atoms with Gasteiger partial charge in [0.15, 0.2) is 17.3 Å². The van der Waals surface area contributed by atoms with Gasteiger partial charge in [0.25, 0.3) is 5.91 Å². The summed E-state index contributed by atoms with van der Waals surface area (Å²) >= 11 is 0. The molecule has 31 heavy (non-hydrogen) atoms. The van der Waals surface area contributed by atoms with E-state index in [-0.39, 0.29) is 36.0 Å². The standard InChI is InChI=1S/C22H27N5O4/c1-2-17-21(24-13-5-7-15(28)8-6-13)27-22(19(26-17)20(23)30)25-14-4-3-12-9-16(29)11-31-18(12)10-14/h3-4,10,13,15,28H,2,5-9,11H2,1H3,(H2,23,30)(H2,24,25,27). The number of ether oxygens (including phenoxy) is 1. The van der Waals surface area contributed by atoms with Gasteiger partial charge in [0, 0.05) is 29.8 Å². The first kappa shape index (κ1) is 21.0. The monoisotopic (exact) mass is 425 g/mol. The van der Waals surface area contributed by atoms with Crippen LogP contribution in [-0.4, -0.2) is 45.5 Å². The van der Waals surface area contributed by atoms with Crippen molar-refractivity contribution in [3.8, 4) is 5.75 Å². The summed E-state index contributed by atoms with van der Waals surface area (Å²) in [7, 11) is 0. The minimum absolute atomic E-state index is 0.0381. The average Bonchev–Trinajstić information content (AvgIpc) is 2.75. The molecule has 9 nitrogen and oxygen atoms in total. The summed E-state index contributed by atoms with van der Waals surface area (Å²) in [6.07, 6.45) is 3.86. The number of aliphatic hydroxyl groups is 1. The van der Waals surface area contributed by atoms with Crippen molar-refractivity contribution < 1.29 is 19.4 Å². The molecule has 0 unspecified atom stereocenters. The largest absolute Gasteiger partial charge is 0.485 e. The van der Waals surface area contributed by atoms with Gasteiger partial charge < -0.3 is 26.2 Å². The molecule has 1 saturated carbocycles. The van der Waals surface area contributed by atoms with Gasteiger partial charge in [-0.05, 0) is 38.2 Å². The number of amides is 1. The van der Waals surface area contributed by atoms with Gasteiger partial charge in [0.05, 0.1) is 11.8 Å². The smallest absolute Gasteiger partial charge is 0.271 e. The highest BCUT2D eigenvalue weighted by Crippen LogP contribution is 2.30. The lowest BCUT2D eigenvalue weighted by atomic mass is 9.93. The Morgan fingerprint density at radius 2 is 2.00 bits per heavy atom. The highest BCUT2D eigenvalue weighted by molar-refractivity contribution is 5.96. The zero-order chi connectivity index (χ0) is 22.0. The van der Waals surface area contributed by atoms with E-state index in [0.29, 0.717) is 35.8 Å². The molecule has 1 fully saturated rings. The number of aliphatic hydroxyl groups excluding tert-OH is 1. The lowest BCUT2D eigenvalue weighted by Gasteiger charge is -2.27. The van der Waals surface area contributed by atoms with Crippen LogP contribution in [0.2, 0.25) is 0 Å². The average molecular weight is 425 g/mol. The summed E-state index contributed by atoms with van der Waals surface area (Å²) in [5.41, 5.74) is 7.78. The number of nitrogens with zero attached hydrogens (tertiary/aromatic N) is 2. The van der Waals surface area contributed by atoms with Crippen LogP contribution in [0.5, 0.6) is 5.75 Å². The van der Waals surface area contributed by atoms with E-state index in [1.165, 1.54) is 0 Å². The fourth-order valence-corrected chi connectivity index (χ4v) is 3.98. The zero-order valence-electron chi connectivity index (χ0n) is 17.5. The quantitative estimate of drug-likeness (QED) is 0.552. The van der Waals surface area contributed by atoms with E-state index in [1.54, 1.807) is 12.1 Å². The van der Waals surface area contributed by atoms with Gasteiger partial charge in [-0.1, -0.05) is 13.0 Å². The number of rotatable bonds is 6. The van der Waals surface area contributed by atoms with Crippen molar-refractivity contribution >= 4 is 29.0 Å².